The molecule has 0 radical (unpaired) electrons. The van der Waals surface area contributed by atoms with Gasteiger partial charge in [0.25, 0.3) is 0 Å². The van der Waals surface area contributed by atoms with Crippen LogP contribution in [-0.4, -0.2) is 56.2 Å². The summed E-state index contributed by atoms with van der Waals surface area (Å²) in [5.74, 6) is 0.938. The van der Waals surface area contributed by atoms with Gasteiger partial charge in [-0.25, -0.2) is 0 Å². The van der Waals surface area contributed by atoms with Crippen molar-refractivity contribution in [1.29, 1.82) is 0 Å². The molecule has 0 bridgehead atoms. The molecule has 35 heavy (non-hydrogen) atoms. The first kappa shape index (κ1) is 24.6. The van der Waals surface area contributed by atoms with Gasteiger partial charge in [0.2, 0.25) is 11.8 Å². The maximum Gasteiger partial charge on any atom is 0.226 e. The van der Waals surface area contributed by atoms with Gasteiger partial charge in [-0.15, -0.1) is 0 Å². The number of carbonyl (C=O) groups is 2. The second-order valence-corrected chi connectivity index (χ2v) is 8.42. The summed E-state index contributed by atoms with van der Waals surface area (Å²) in [4.78, 5) is 29.4. The van der Waals surface area contributed by atoms with E-state index in [2.05, 4.69) is 10.2 Å². The van der Waals surface area contributed by atoms with Gasteiger partial charge in [0, 0.05) is 38.3 Å². The van der Waals surface area contributed by atoms with Crippen molar-refractivity contribution in [3.8, 4) is 11.5 Å². The van der Waals surface area contributed by atoms with E-state index in [1.807, 2.05) is 56.3 Å². The molecule has 1 atom stereocenters. The van der Waals surface area contributed by atoms with Gasteiger partial charge in [-0.2, -0.15) is 0 Å². The van der Waals surface area contributed by atoms with E-state index in [1.54, 1.807) is 11.1 Å². The van der Waals surface area contributed by atoms with Crippen LogP contribution in [-0.2, 0) is 14.3 Å². The van der Waals surface area contributed by atoms with Crippen molar-refractivity contribution in [3.63, 3.8) is 0 Å². The Morgan fingerprint density at radius 1 is 1.06 bits per heavy atom. The third-order valence-corrected chi connectivity index (χ3v) is 6.13. The Hall–Kier alpha value is -3.52. The molecule has 4 rings (SSSR count). The van der Waals surface area contributed by atoms with E-state index in [0.717, 1.165) is 29.9 Å². The second-order valence-electron chi connectivity index (χ2n) is 8.42. The zero-order valence-electron chi connectivity index (χ0n) is 20.6. The van der Waals surface area contributed by atoms with Crippen LogP contribution in [0.25, 0.3) is 6.08 Å². The zero-order chi connectivity index (χ0) is 24.8. The number of nitrogens with one attached hydrogen (secondary N) is 1. The van der Waals surface area contributed by atoms with Gasteiger partial charge in [-0.3, -0.25) is 9.59 Å². The fourth-order valence-corrected chi connectivity index (χ4v) is 4.53. The number of hydrogen-bond donors (Lipinski definition) is 1. The van der Waals surface area contributed by atoms with E-state index in [0.29, 0.717) is 43.6 Å². The SMILES string of the molecule is CCOc1cc(N2CCOCC2)c(OCC)cc1NC(=O)CC1c2ccccc2C=CN1C(C)=O. The summed E-state index contributed by atoms with van der Waals surface area (Å²) < 4.78 is 17.3. The molecular weight excluding hydrogens is 446 g/mol. The first-order valence-electron chi connectivity index (χ1n) is 12.1. The zero-order valence-corrected chi connectivity index (χ0v) is 20.6. The normalized spacial score (nSPS) is 17.1. The first-order valence-corrected chi connectivity index (χ1v) is 12.1. The van der Waals surface area contributed by atoms with Crippen LogP contribution < -0.4 is 19.7 Å². The number of fused-ring (bicyclic) bond motifs is 1. The summed E-state index contributed by atoms with van der Waals surface area (Å²) >= 11 is 0. The lowest BCUT2D eigenvalue weighted by Gasteiger charge is -2.32. The Kier molecular flexibility index (Phi) is 7.92. The number of carbonyl (C=O) groups excluding carboxylic acids is 2. The highest BCUT2D eigenvalue weighted by Gasteiger charge is 2.29. The van der Waals surface area contributed by atoms with Crippen molar-refractivity contribution in [2.24, 2.45) is 0 Å². The molecule has 1 saturated heterocycles. The van der Waals surface area contributed by atoms with Gasteiger partial charge < -0.3 is 29.3 Å². The van der Waals surface area contributed by atoms with E-state index in [-0.39, 0.29) is 24.3 Å². The van der Waals surface area contributed by atoms with Crippen LogP contribution >= 0.6 is 0 Å². The molecule has 8 heteroatoms. The number of anilines is 2. The van der Waals surface area contributed by atoms with Gasteiger partial charge in [-0.1, -0.05) is 24.3 Å². The second kappa shape index (κ2) is 11.3. The summed E-state index contributed by atoms with van der Waals surface area (Å²) in [6.07, 6.45) is 3.76. The fraction of sp³-hybridized carbons (Fsp3) is 0.407. The molecule has 186 valence electrons. The molecule has 0 aliphatic carbocycles. The molecule has 2 aromatic rings. The van der Waals surface area contributed by atoms with Crippen molar-refractivity contribution in [3.05, 3.63) is 53.7 Å². The Morgan fingerprint density at radius 2 is 1.77 bits per heavy atom. The Labute approximate surface area is 206 Å². The molecule has 2 heterocycles. The number of rotatable bonds is 8. The topological polar surface area (TPSA) is 80.3 Å². The predicted molar refractivity (Wildman–Crippen MR) is 136 cm³/mol. The highest BCUT2D eigenvalue weighted by molar-refractivity contribution is 5.94. The van der Waals surface area contributed by atoms with Crippen LogP contribution in [0.4, 0.5) is 11.4 Å². The molecule has 2 aliphatic heterocycles. The summed E-state index contributed by atoms with van der Waals surface area (Å²) in [5.41, 5.74) is 3.42. The highest BCUT2D eigenvalue weighted by Crippen LogP contribution is 2.40. The van der Waals surface area contributed by atoms with Crippen LogP contribution in [0.3, 0.4) is 0 Å². The largest absolute Gasteiger partial charge is 0.492 e. The Bertz CT molecular complexity index is 1090. The van der Waals surface area contributed by atoms with Gasteiger partial charge in [0.1, 0.15) is 11.5 Å². The predicted octanol–water partition coefficient (Wildman–Crippen LogP) is 4.22. The molecular formula is C27H33N3O5. The standard InChI is InChI=1S/C27H33N3O5/c1-4-34-25-17-24(29-12-14-33-15-13-29)26(35-5-2)16-22(25)28-27(32)18-23-21-9-7-6-8-20(21)10-11-30(23)19(3)31/h6-11,16-17,23H,4-5,12-15,18H2,1-3H3,(H,28,32). The maximum atomic E-state index is 13.3. The van der Waals surface area contributed by atoms with Crippen molar-refractivity contribution in [1.82, 2.24) is 4.90 Å². The lowest BCUT2D eigenvalue weighted by Crippen LogP contribution is -2.36. The monoisotopic (exact) mass is 479 g/mol. The lowest BCUT2D eigenvalue weighted by molar-refractivity contribution is -0.129. The smallest absolute Gasteiger partial charge is 0.226 e. The van der Waals surface area contributed by atoms with Crippen LogP contribution in [0.15, 0.2) is 42.6 Å². The summed E-state index contributed by atoms with van der Waals surface area (Å²) in [6.45, 7) is 9.12. The molecule has 1 N–H and O–H groups in total. The molecule has 2 aromatic carbocycles. The summed E-state index contributed by atoms with van der Waals surface area (Å²) in [7, 11) is 0. The average Bonchev–Trinajstić information content (AvgIpc) is 2.86. The molecule has 0 saturated carbocycles. The van der Waals surface area contributed by atoms with Gasteiger partial charge in [-0.05, 0) is 31.1 Å². The van der Waals surface area contributed by atoms with Gasteiger partial charge in [0.05, 0.1) is 50.3 Å². The molecule has 1 fully saturated rings. The molecule has 8 nitrogen and oxygen atoms in total. The first-order chi connectivity index (χ1) is 17.0. The van der Waals surface area contributed by atoms with Crippen molar-refractivity contribution in [2.75, 3.05) is 49.7 Å². The third-order valence-electron chi connectivity index (χ3n) is 6.13. The molecule has 0 aromatic heterocycles. The minimum Gasteiger partial charge on any atom is -0.492 e. The van der Waals surface area contributed by atoms with E-state index in [9.17, 15) is 9.59 Å². The fourth-order valence-electron chi connectivity index (χ4n) is 4.53. The average molecular weight is 480 g/mol. The number of morpholine rings is 1. The Balaban J connectivity index is 1.60. The number of nitrogens with zero attached hydrogens (tertiary/aromatic N) is 2. The minimum atomic E-state index is -0.386. The minimum absolute atomic E-state index is 0.113. The van der Waals surface area contributed by atoms with Gasteiger partial charge >= 0.3 is 0 Å². The highest BCUT2D eigenvalue weighted by atomic mass is 16.5. The number of ether oxygens (including phenoxy) is 3. The van der Waals surface area contributed by atoms with Crippen LogP contribution in [0, 0.1) is 0 Å². The Morgan fingerprint density at radius 3 is 2.49 bits per heavy atom. The van der Waals surface area contributed by atoms with Crippen LogP contribution in [0.5, 0.6) is 11.5 Å². The van der Waals surface area contributed by atoms with Crippen LogP contribution in [0.1, 0.15) is 44.4 Å². The van der Waals surface area contributed by atoms with Crippen molar-refractivity contribution in [2.45, 2.75) is 33.2 Å². The molecule has 2 amide bonds. The molecule has 1 unspecified atom stereocenters. The van der Waals surface area contributed by atoms with E-state index < -0.39 is 0 Å². The summed E-state index contributed by atoms with van der Waals surface area (Å²) in [5, 5.41) is 3.01. The van der Waals surface area contributed by atoms with Crippen molar-refractivity contribution < 1.29 is 23.8 Å². The maximum absolute atomic E-state index is 13.3. The van der Waals surface area contributed by atoms with Gasteiger partial charge in [0.15, 0.2) is 0 Å². The molecule has 2 aliphatic rings. The van der Waals surface area contributed by atoms with Crippen molar-refractivity contribution >= 4 is 29.3 Å². The third kappa shape index (κ3) is 5.59. The van der Waals surface area contributed by atoms with E-state index in [1.165, 1.54) is 6.92 Å². The quantitative estimate of drug-likeness (QED) is 0.611. The number of amides is 2. The summed E-state index contributed by atoms with van der Waals surface area (Å²) in [6, 6.07) is 11.2. The number of benzene rings is 2. The number of hydrogen-bond acceptors (Lipinski definition) is 6. The molecule has 0 spiro atoms. The lowest BCUT2D eigenvalue weighted by atomic mass is 9.93. The van der Waals surface area contributed by atoms with Crippen LogP contribution in [0.2, 0.25) is 0 Å². The van der Waals surface area contributed by atoms with E-state index in [4.69, 9.17) is 14.2 Å². The van der Waals surface area contributed by atoms with E-state index >= 15 is 0 Å².